The van der Waals surface area contributed by atoms with E-state index in [1.165, 1.54) is 24.4 Å². The molecule has 2 aromatic carbocycles. The highest BCUT2D eigenvalue weighted by Crippen LogP contribution is 2.40. The van der Waals surface area contributed by atoms with Crippen molar-refractivity contribution in [3.63, 3.8) is 0 Å². The molecule has 0 aliphatic heterocycles. The van der Waals surface area contributed by atoms with Crippen LogP contribution in [0.2, 0.25) is 0 Å². The van der Waals surface area contributed by atoms with E-state index in [1.54, 1.807) is 18.2 Å². The minimum Gasteiger partial charge on any atom is -0.457 e. The number of H-pyrrole nitrogens is 1. The lowest BCUT2D eigenvalue weighted by Crippen LogP contribution is -2.07. The fourth-order valence-electron chi connectivity index (χ4n) is 2.63. The number of nitrogens with one attached hydrogen (secondary N) is 1. The Balaban J connectivity index is 1.76. The van der Waals surface area contributed by atoms with Crippen molar-refractivity contribution in [2.45, 2.75) is 6.18 Å². The molecular weight excluding hydrogens is 393 g/mol. The number of aromatic amines is 1. The van der Waals surface area contributed by atoms with Crippen molar-refractivity contribution in [1.82, 2.24) is 19.7 Å². The van der Waals surface area contributed by atoms with Crippen molar-refractivity contribution >= 4 is 17.2 Å². The highest BCUT2D eigenvalue weighted by molar-refractivity contribution is 5.80. The maximum atomic E-state index is 13.5. The second-order valence-electron chi connectivity index (χ2n) is 5.83. The normalized spacial score (nSPS) is 11.6. The van der Waals surface area contributed by atoms with Crippen LogP contribution in [0.3, 0.4) is 0 Å². The van der Waals surface area contributed by atoms with Gasteiger partial charge in [0.2, 0.25) is 5.95 Å². The molecule has 0 amide bonds. The number of hydrogen-bond donors (Lipinski definition) is 2. The average Bonchev–Trinajstić information content (AvgIpc) is 3.27. The van der Waals surface area contributed by atoms with Crippen LogP contribution >= 0.6 is 0 Å². The predicted octanol–water partition coefficient (Wildman–Crippen LogP) is 4.62. The first-order valence-electron chi connectivity index (χ1n) is 8.09. The molecule has 148 valence electrons. The Morgan fingerprint density at radius 2 is 1.90 bits per heavy atom. The fraction of sp³-hybridized carbons (Fsp3) is 0.0556. The third-order valence-corrected chi connectivity index (χ3v) is 3.83. The van der Waals surface area contributed by atoms with Crippen molar-refractivity contribution in [2.75, 3.05) is 0 Å². The van der Waals surface area contributed by atoms with Gasteiger partial charge in [0.15, 0.2) is 5.75 Å². The van der Waals surface area contributed by atoms with E-state index >= 15 is 0 Å². The molecule has 0 radical (unpaired) electrons. The van der Waals surface area contributed by atoms with Crippen LogP contribution in [-0.4, -0.2) is 31.0 Å². The number of imidazole rings is 1. The van der Waals surface area contributed by atoms with Gasteiger partial charge in [-0.1, -0.05) is 18.2 Å². The van der Waals surface area contributed by atoms with Gasteiger partial charge >= 0.3 is 12.3 Å². The van der Waals surface area contributed by atoms with Gasteiger partial charge in [0.05, 0.1) is 23.4 Å². The van der Waals surface area contributed by atoms with Gasteiger partial charge in [0, 0.05) is 6.07 Å². The highest BCUT2D eigenvalue weighted by Gasteiger charge is 2.35. The Morgan fingerprint density at radius 3 is 2.59 bits per heavy atom. The summed E-state index contributed by atoms with van der Waals surface area (Å²) >= 11 is 0. The van der Waals surface area contributed by atoms with Crippen molar-refractivity contribution < 1.29 is 32.5 Å². The lowest BCUT2D eigenvalue weighted by molar-refractivity contribution is -0.138. The number of ether oxygens (including phenoxy) is 2. The smallest absolute Gasteiger partial charge is 0.457 e. The number of alkyl halides is 3. The zero-order chi connectivity index (χ0) is 20.6. The van der Waals surface area contributed by atoms with Crippen LogP contribution in [0.25, 0.3) is 17.0 Å². The molecule has 4 rings (SSSR count). The van der Waals surface area contributed by atoms with Crippen LogP contribution in [0, 0.1) is 0 Å². The summed E-state index contributed by atoms with van der Waals surface area (Å²) in [4.78, 5) is 17.5. The van der Waals surface area contributed by atoms with Crippen LogP contribution < -0.4 is 9.47 Å². The number of carboxylic acid groups (broad SMARTS) is 1. The van der Waals surface area contributed by atoms with Crippen molar-refractivity contribution in [3.8, 4) is 23.2 Å². The van der Waals surface area contributed by atoms with Gasteiger partial charge in [-0.2, -0.15) is 18.3 Å². The van der Waals surface area contributed by atoms with Crippen LogP contribution in [0.15, 0.2) is 54.9 Å². The topological polar surface area (TPSA) is 102 Å². The Bertz CT molecular complexity index is 1190. The van der Waals surface area contributed by atoms with Crippen molar-refractivity contribution in [1.29, 1.82) is 0 Å². The van der Waals surface area contributed by atoms with E-state index in [-0.39, 0.29) is 28.5 Å². The minimum absolute atomic E-state index is 0.0676. The molecule has 2 heterocycles. The number of carbonyl (C=O) groups is 1. The molecule has 2 aromatic heterocycles. The van der Waals surface area contributed by atoms with Gasteiger partial charge in [-0.25, -0.2) is 14.5 Å². The van der Waals surface area contributed by atoms with Gasteiger partial charge in [0.25, 0.3) is 0 Å². The molecule has 0 aliphatic rings. The molecule has 2 N–H and O–H groups in total. The van der Waals surface area contributed by atoms with Crippen molar-refractivity contribution in [2.24, 2.45) is 0 Å². The molecule has 0 aliphatic carbocycles. The zero-order valence-electron chi connectivity index (χ0n) is 14.3. The summed E-state index contributed by atoms with van der Waals surface area (Å²) in [5, 5.41) is 12.5. The highest BCUT2D eigenvalue weighted by atomic mass is 19.4. The van der Waals surface area contributed by atoms with E-state index < -0.39 is 23.6 Å². The predicted molar refractivity (Wildman–Crippen MR) is 93.4 cm³/mol. The number of rotatable bonds is 4. The number of para-hydroxylation sites is 1. The molecule has 0 atom stereocenters. The molecule has 0 saturated carbocycles. The maximum absolute atomic E-state index is 13.5. The van der Waals surface area contributed by atoms with E-state index in [1.807, 2.05) is 0 Å². The van der Waals surface area contributed by atoms with Crippen molar-refractivity contribution in [3.05, 3.63) is 60.4 Å². The van der Waals surface area contributed by atoms with Gasteiger partial charge in [0.1, 0.15) is 17.1 Å². The quantitative estimate of drug-likeness (QED) is 0.482. The monoisotopic (exact) mass is 404 g/mol. The fourth-order valence-corrected chi connectivity index (χ4v) is 2.63. The molecule has 11 heteroatoms. The Hall–Kier alpha value is -4.02. The SMILES string of the molecule is O=C(O)Oc1cnn(-c2nc3cc(Oc4ccccc4)c(C(F)(F)F)cc3[nH]2)c1. The first-order valence-corrected chi connectivity index (χ1v) is 8.09. The zero-order valence-corrected chi connectivity index (χ0v) is 14.3. The van der Waals surface area contributed by atoms with Crippen LogP contribution in [0.5, 0.6) is 17.2 Å². The summed E-state index contributed by atoms with van der Waals surface area (Å²) in [7, 11) is 0. The summed E-state index contributed by atoms with van der Waals surface area (Å²) in [5.41, 5.74) is -0.668. The van der Waals surface area contributed by atoms with E-state index in [4.69, 9.17) is 9.84 Å². The molecule has 0 fully saturated rings. The largest absolute Gasteiger partial charge is 0.511 e. The van der Waals surface area contributed by atoms with Gasteiger partial charge < -0.3 is 19.6 Å². The number of fused-ring (bicyclic) bond motifs is 1. The minimum atomic E-state index is -4.65. The Kier molecular flexibility index (Phi) is 4.34. The maximum Gasteiger partial charge on any atom is 0.511 e. The lowest BCUT2D eigenvalue weighted by Gasteiger charge is -2.13. The number of aromatic nitrogens is 4. The summed E-state index contributed by atoms with van der Waals surface area (Å²) in [6.07, 6.45) is -3.83. The van der Waals surface area contributed by atoms with Crippen LogP contribution in [0.1, 0.15) is 5.56 Å². The average molecular weight is 404 g/mol. The number of nitrogens with zero attached hydrogens (tertiary/aromatic N) is 3. The Labute approximate surface area is 160 Å². The van der Waals surface area contributed by atoms with Gasteiger partial charge in [-0.05, 0) is 18.2 Å². The standard InChI is InChI=1S/C18H11F3N4O4/c19-18(20,21)12-6-13-14(7-15(12)28-10-4-2-1-3-5-10)24-16(23-13)25-9-11(8-22-25)29-17(26)27/h1-9H,(H,23,24)(H,26,27). The van der Waals surface area contributed by atoms with Crippen LogP contribution in [-0.2, 0) is 6.18 Å². The lowest BCUT2D eigenvalue weighted by atomic mass is 10.1. The molecule has 0 saturated heterocycles. The number of hydrogen-bond acceptors (Lipinski definition) is 5. The van der Waals surface area contributed by atoms with E-state index in [2.05, 4.69) is 19.8 Å². The molecule has 4 aromatic rings. The molecule has 29 heavy (non-hydrogen) atoms. The van der Waals surface area contributed by atoms with E-state index in [0.29, 0.717) is 0 Å². The third kappa shape index (κ3) is 3.83. The summed E-state index contributed by atoms with van der Waals surface area (Å²) in [5.74, 6) is -0.146. The van der Waals surface area contributed by atoms with E-state index in [0.717, 1.165) is 16.9 Å². The molecular formula is C18H11F3N4O4. The van der Waals surface area contributed by atoms with Gasteiger partial charge in [-0.15, -0.1) is 0 Å². The number of halogens is 3. The number of benzene rings is 2. The summed E-state index contributed by atoms with van der Waals surface area (Å²) in [6.45, 7) is 0. The van der Waals surface area contributed by atoms with Crippen LogP contribution in [0.4, 0.5) is 18.0 Å². The van der Waals surface area contributed by atoms with Gasteiger partial charge in [-0.3, -0.25) is 0 Å². The summed E-state index contributed by atoms with van der Waals surface area (Å²) in [6, 6.07) is 10.1. The Morgan fingerprint density at radius 1 is 1.14 bits per heavy atom. The second kappa shape index (κ2) is 6.86. The molecule has 0 spiro atoms. The molecule has 0 unspecified atom stereocenters. The first-order chi connectivity index (χ1) is 13.8. The molecule has 8 nitrogen and oxygen atoms in total. The first kappa shape index (κ1) is 18.3. The third-order valence-electron chi connectivity index (χ3n) is 3.83. The van der Waals surface area contributed by atoms with E-state index in [9.17, 15) is 18.0 Å². The molecule has 0 bridgehead atoms. The summed E-state index contributed by atoms with van der Waals surface area (Å²) < 4.78 is 51.6. The second-order valence-corrected chi connectivity index (χ2v) is 5.83.